The molecular formula is C9H8N2O3S. The Bertz CT molecular complexity index is 515. The minimum absolute atomic E-state index is 0.121. The molecule has 6 heteroatoms. The monoisotopic (exact) mass is 224 g/mol. The molecule has 2 rings (SSSR count). The first kappa shape index (κ1) is 9.72. The first-order chi connectivity index (χ1) is 7.08. The fourth-order valence-corrected chi connectivity index (χ4v) is 1.93. The highest BCUT2D eigenvalue weighted by molar-refractivity contribution is 7.19. The molecule has 2 aromatic rings. The fraction of sp³-hybridized carbons (Fsp3) is 0.111. The highest BCUT2D eigenvalue weighted by atomic mass is 32.1. The zero-order valence-electron chi connectivity index (χ0n) is 7.85. The Hall–Kier alpha value is -1.82. The summed E-state index contributed by atoms with van der Waals surface area (Å²) in [5.74, 6) is 0.158. The van der Waals surface area contributed by atoms with Crippen LogP contribution in [0.15, 0.2) is 16.5 Å². The van der Waals surface area contributed by atoms with Crippen LogP contribution < -0.4 is 5.73 Å². The highest BCUT2D eigenvalue weighted by Gasteiger charge is 2.17. The van der Waals surface area contributed by atoms with Crippen LogP contribution in [0.25, 0.3) is 10.8 Å². The number of nitrogens with zero attached hydrogens (tertiary/aromatic N) is 1. The number of aromatic carboxylic acids is 1. The number of aromatic nitrogens is 1. The van der Waals surface area contributed by atoms with Gasteiger partial charge in [0.1, 0.15) is 10.8 Å². The molecule has 78 valence electrons. The molecule has 15 heavy (non-hydrogen) atoms. The SMILES string of the molecule is Cc1ccc(-c2nc(C(=O)O)c(N)s2)o1. The Morgan fingerprint density at radius 2 is 2.33 bits per heavy atom. The van der Waals surface area contributed by atoms with Crippen LogP contribution in [-0.4, -0.2) is 16.1 Å². The largest absolute Gasteiger partial charge is 0.476 e. The van der Waals surface area contributed by atoms with Gasteiger partial charge in [0, 0.05) is 0 Å². The number of aryl methyl sites for hydroxylation is 1. The van der Waals surface area contributed by atoms with Crippen LogP contribution in [0.4, 0.5) is 5.00 Å². The molecule has 5 nitrogen and oxygen atoms in total. The number of carboxylic acid groups (broad SMARTS) is 1. The van der Waals surface area contributed by atoms with Crippen LogP contribution >= 0.6 is 11.3 Å². The van der Waals surface area contributed by atoms with Crippen LogP contribution in [0.1, 0.15) is 16.2 Å². The standard InChI is InChI=1S/C9H8N2O3S/c1-4-2-3-5(14-4)8-11-6(9(12)13)7(10)15-8/h2-3H,10H2,1H3,(H,12,13). The first-order valence-electron chi connectivity index (χ1n) is 4.14. The van der Waals surface area contributed by atoms with E-state index in [9.17, 15) is 4.79 Å². The molecule has 0 fully saturated rings. The molecule has 0 aliphatic carbocycles. The van der Waals surface area contributed by atoms with Crippen molar-refractivity contribution in [3.63, 3.8) is 0 Å². The number of hydrogen-bond acceptors (Lipinski definition) is 5. The lowest BCUT2D eigenvalue weighted by Gasteiger charge is -1.87. The predicted octanol–water partition coefficient (Wildman–Crippen LogP) is 1.99. The van der Waals surface area contributed by atoms with Crippen molar-refractivity contribution in [1.29, 1.82) is 0 Å². The van der Waals surface area contributed by atoms with Gasteiger partial charge in [-0.25, -0.2) is 9.78 Å². The zero-order valence-corrected chi connectivity index (χ0v) is 8.67. The molecule has 0 amide bonds. The molecule has 0 unspecified atom stereocenters. The Kier molecular flexibility index (Phi) is 2.20. The van der Waals surface area contributed by atoms with Gasteiger partial charge in [0.15, 0.2) is 16.5 Å². The van der Waals surface area contributed by atoms with Gasteiger partial charge in [0.25, 0.3) is 0 Å². The Balaban J connectivity index is 2.46. The number of carbonyl (C=O) groups is 1. The lowest BCUT2D eigenvalue weighted by molar-refractivity contribution is 0.0692. The molecule has 0 aliphatic heterocycles. The van der Waals surface area contributed by atoms with Gasteiger partial charge in [-0.3, -0.25) is 0 Å². The lowest BCUT2D eigenvalue weighted by Crippen LogP contribution is -2.00. The topological polar surface area (TPSA) is 89.3 Å². The third-order valence-electron chi connectivity index (χ3n) is 1.81. The van der Waals surface area contributed by atoms with Gasteiger partial charge >= 0.3 is 5.97 Å². The maximum Gasteiger partial charge on any atom is 0.357 e. The second-order valence-corrected chi connectivity index (χ2v) is 3.98. The average Bonchev–Trinajstić information content (AvgIpc) is 2.71. The summed E-state index contributed by atoms with van der Waals surface area (Å²) in [6.07, 6.45) is 0. The summed E-state index contributed by atoms with van der Waals surface area (Å²) in [6, 6.07) is 3.52. The Morgan fingerprint density at radius 3 is 2.80 bits per heavy atom. The molecule has 0 saturated carbocycles. The molecule has 2 heterocycles. The molecule has 3 N–H and O–H groups in total. The number of thiazole rings is 1. The summed E-state index contributed by atoms with van der Waals surface area (Å²) < 4.78 is 5.32. The third kappa shape index (κ3) is 1.71. The van der Waals surface area contributed by atoms with E-state index in [0.29, 0.717) is 10.8 Å². The number of rotatable bonds is 2. The number of nitrogen functional groups attached to an aromatic ring is 1. The smallest absolute Gasteiger partial charge is 0.357 e. The third-order valence-corrected chi connectivity index (χ3v) is 2.71. The molecule has 0 aromatic carbocycles. The van der Waals surface area contributed by atoms with Crippen molar-refractivity contribution in [2.45, 2.75) is 6.92 Å². The average molecular weight is 224 g/mol. The van der Waals surface area contributed by atoms with E-state index in [1.54, 1.807) is 19.1 Å². The molecule has 0 radical (unpaired) electrons. The van der Waals surface area contributed by atoms with Gasteiger partial charge in [-0.15, -0.1) is 0 Å². The summed E-state index contributed by atoms with van der Waals surface area (Å²) in [6.45, 7) is 1.80. The lowest BCUT2D eigenvalue weighted by atomic mass is 10.4. The van der Waals surface area contributed by atoms with Gasteiger partial charge < -0.3 is 15.3 Å². The maximum atomic E-state index is 10.7. The van der Waals surface area contributed by atoms with E-state index in [-0.39, 0.29) is 10.7 Å². The molecule has 0 saturated heterocycles. The van der Waals surface area contributed by atoms with Crippen molar-refractivity contribution in [3.05, 3.63) is 23.6 Å². The normalized spacial score (nSPS) is 10.5. The van der Waals surface area contributed by atoms with Crippen molar-refractivity contribution in [3.8, 4) is 10.8 Å². The van der Waals surface area contributed by atoms with Crippen molar-refractivity contribution in [2.24, 2.45) is 0 Å². The Labute approximate surface area is 89.2 Å². The van der Waals surface area contributed by atoms with Crippen molar-refractivity contribution in [1.82, 2.24) is 4.98 Å². The van der Waals surface area contributed by atoms with Gasteiger partial charge in [-0.1, -0.05) is 11.3 Å². The number of nitrogens with two attached hydrogens (primary N) is 1. The van der Waals surface area contributed by atoms with Crippen LogP contribution in [-0.2, 0) is 0 Å². The summed E-state index contributed by atoms with van der Waals surface area (Å²) in [5, 5.41) is 9.44. The molecule has 2 aromatic heterocycles. The molecule has 0 bridgehead atoms. The second-order valence-electron chi connectivity index (χ2n) is 2.95. The van der Waals surface area contributed by atoms with Gasteiger partial charge in [0.2, 0.25) is 0 Å². The summed E-state index contributed by atoms with van der Waals surface area (Å²) >= 11 is 1.10. The summed E-state index contributed by atoms with van der Waals surface area (Å²) in [4.78, 5) is 14.6. The van der Waals surface area contributed by atoms with E-state index >= 15 is 0 Å². The number of carboxylic acids is 1. The minimum Gasteiger partial charge on any atom is -0.476 e. The minimum atomic E-state index is -1.13. The molecular weight excluding hydrogens is 216 g/mol. The predicted molar refractivity (Wildman–Crippen MR) is 55.9 cm³/mol. The number of hydrogen-bond donors (Lipinski definition) is 2. The summed E-state index contributed by atoms with van der Waals surface area (Å²) in [7, 11) is 0. The highest BCUT2D eigenvalue weighted by Crippen LogP contribution is 2.30. The van der Waals surface area contributed by atoms with E-state index < -0.39 is 5.97 Å². The van der Waals surface area contributed by atoms with E-state index in [0.717, 1.165) is 17.1 Å². The van der Waals surface area contributed by atoms with E-state index in [4.69, 9.17) is 15.3 Å². The fourth-order valence-electron chi connectivity index (χ4n) is 1.14. The van der Waals surface area contributed by atoms with E-state index in [1.165, 1.54) is 0 Å². The quantitative estimate of drug-likeness (QED) is 0.814. The van der Waals surface area contributed by atoms with Crippen LogP contribution in [0.2, 0.25) is 0 Å². The second kappa shape index (κ2) is 3.39. The van der Waals surface area contributed by atoms with Crippen molar-refractivity contribution >= 4 is 22.3 Å². The number of furan rings is 1. The first-order valence-corrected chi connectivity index (χ1v) is 4.96. The van der Waals surface area contributed by atoms with Crippen LogP contribution in [0, 0.1) is 6.92 Å². The maximum absolute atomic E-state index is 10.7. The summed E-state index contributed by atoms with van der Waals surface area (Å²) in [5.41, 5.74) is 5.40. The zero-order chi connectivity index (χ0) is 11.0. The van der Waals surface area contributed by atoms with Crippen LogP contribution in [0.3, 0.4) is 0 Å². The van der Waals surface area contributed by atoms with Gasteiger partial charge in [-0.05, 0) is 19.1 Å². The van der Waals surface area contributed by atoms with Crippen molar-refractivity contribution < 1.29 is 14.3 Å². The van der Waals surface area contributed by atoms with E-state index in [2.05, 4.69) is 4.98 Å². The molecule has 0 atom stereocenters. The van der Waals surface area contributed by atoms with E-state index in [1.807, 2.05) is 0 Å². The van der Waals surface area contributed by atoms with Crippen molar-refractivity contribution in [2.75, 3.05) is 5.73 Å². The molecule has 0 aliphatic rings. The van der Waals surface area contributed by atoms with Gasteiger partial charge in [0.05, 0.1) is 0 Å². The van der Waals surface area contributed by atoms with Crippen LogP contribution in [0.5, 0.6) is 0 Å². The Morgan fingerprint density at radius 1 is 1.60 bits per heavy atom. The number of anilines is 1. The van der Waals surface area contributed by atoms with Gasteiger partial charge in [-0.2, -0.15) is 0 Å². The molecule has 0 spiro atoms.